The first-order valence-corrected chi connectivity index (χ1v) is 8.92. The molecule has 1 amide bonds. The second-order valence-electron chi connectivity index (χ2n) is 6.67. The van der Waals surface area contributed by atoms with E-state index < -0.39 is 0 Å². The molecule has 138 valence electrons. The van der Waals surface area contributed by atoms with Crippen LogP contribution in [0.15, 0.2) is 59.4 Å². The SMILES string of the molecule is COc1ccc2[nH]c(=O)c(CN3CCN(c4ccccc4)C(=O)C3)cc2c1. The molecule has 0 aliphatic carbocycles. The van der Waals surface area contributed by atoms with E-state index in [1.54, 1.807) is 12.0 Å². The second-order valence-corrected chi connectivity index (χ2v) is 6.67. The highest BCUT2D eigenvalue weighted by atomic mass is 16.5. The Morgan fingerprint density at radius 1 is 1.04 bits per heavy atom. The first-order chi connectivity index (χ1) is 13.1. The van der Waals surface area contributed by atoms with Crippen molar-refractivity contribution in [3.05, 3.63) is 70.5 Å². The van der Waals surface area contributed by atoms with Gasteiger partial charge < -0.3 is 14.6 Å². The van der Waals surface area contributed by atoms with Gasteiger partial charge in [-0.25, -0.2) is 0 Å². The molecule has 0 spiro atoms. The molecular weight excluding hydrogens is 342 g/mol. The van der Waals surface area contributed by atoms with Crippen LogP contribution in [0.25, 0.3) is 10.9 Å². The van der Waals surface area contributed by atoms with Gasteiger partial charge in [-0.2, -0.15) is 0 Å². The number of carbonyl (C=O) groups excluding carboxylic acids is 1. The number of methoxy groups -OCH3 is 1. The summed E-state index contributed by atoms with van der Waals surface area (Å²) < 4.78 is 5.26. The maximum absolute atomic E-state index is 12.6. The minimum atomic E-state index is -0.120. The molecule has 1 aromatic heterocycles. The lowest BCUT2D eigenvalue weighted by atomic mass is 10.1. The average molecular weight is 363 g/mol. The van der Waals surface area contributed by atoms with Gasteiger partial charge in [-0.1, -0.05) is 18.2 Å². The second kappa shape index (κ2) is 7.25. The van der Waals surface area contributed by atoms with E-state index in [1.165, 1.54) is 0 Å². The number of amides is 1. The number of H-pyrrole nitrogens is 1. The van der Waals surface area contributed by atoms with Gasteiger partial charge in [0.05, 0.1) is 13.7 Å². The van der Waals surface area contributed by atoms with Gasteiger partial charge in [-0.05, 0) is 36.4 Å². The van der Waals surface area contributed by atoms with Gasteiger partial charge in [0.25, 0.3) is 5.56 Å². The van der Waals surface area contributed by atoms with E-state index in [-0.39, 0.29) is 11.5 Å². The molecule has 0 radical (unpaired) electrons. The van der Waals surface area contributed by atoms with E-state index >= 15 is 0 Å². The van der Waals surface area contributed by atoms with Crippen LogP contribution in [0.2, 0.25) is 0 Å². The summed E-state index contributed by atoms with van der Waals surface area (Å²) in [7, 11) is 1.62. The number of ether oxygens (including phenoxy) is 1. The molecule has 0 bridgehead atoms. The van der Waals surface area contributed by atoms with Gasteiger partial charge >= 0.3 is 0 Å². The van der Waals surface area contributed by atoms with Crippen molar-refractivity contribution in [1.29, 1.82) is 0 Å². The van der Waals surface area contributed by atoms with Gasteiger partial charge in [0, 0.05) is 41.8 Å². The minimum absolute atomic E-state index is 0.0475. The molecule has 6 heteroatoms. The third kappa shape index (κ3) is 3.57. The highest BCUT2D eigenvalue weighted by Crippen LogP contribution is 2.20. The molecule has 27 heavy (non-hydrogen) atoms. The highest BCUT2D eigenvalue weighted by Gasteiger charge is 2.25. The number of benzene rings is 2. The molecule has 2 aromatic carbocycles. The number of pyridine rings is 1. The Morgan fingerprint density at radius 2 is 1.85 bits per heavy atom. The zero-order valence-electron chi connectivity index (χ0n) is 15.1. The van der Waals surface area contributed by atoms with E-state index in [1.807, 2.05) is 59.5 Å². The molecule has 4 rings (SSSR count). The average Bonchev–Trinajstić information content (AvgIpc) is 2.69. The monoisotopic (exact) mass is 363 g/mol. The number of carbonyl (C=O) groups is 1. The third-order valence-corrected chi connectivity index (χ3v) is 4.89. The van der Waals surface area contributed by atoms with Gasteiger partial charge in [0.2, 0.25) is 5.91 Å². The summed E-state index contributed by atoms with van der Waals surface area (Å²) in [5.74, 6) is 0.790. The van der Waals surface area contributed by atoms with Crippen molar-refractivity contribution in [2.75, 3.05) is 31.6 Å². The number of rotatable bonds is 4. The van der Waals surface area contributed by atoms with Gasteiger partial charge in [-0.15, -0.1) is 0 Å². The maximum atomic E-state index is 12.6. The Bertz CT molecular complexity index is 1030. The van der Waals surface area contributed by atoms with Crippen molar-refractivity contribution in [1.82, 2.24) is 9.88 Å². The maximum Gasteiger partial charge on any atom is 0.252 e. The van der Waals surface area contributed by atoms with Gasteiger partial charge in [-0.3, -0.25) is 14.5 Å². The van der Waals surface area contributed by atoms with Crippen LogP contribution in [0.1, 0.15) is 5.56 Å². The molecule has 6 nitrogen and oxygen atoms in total. The van der Waals surface area contributed by atoms with Gasteiger partial charge in [0.1, 0.15) is 5.75 Å². The van der Waals surface area contributed by atoms with E-state index in [9.17, 15) is 9.59 Å². The van der Waals surface area contributed by atoms with Crippen LogP contribution in [-0.4, -0.2) is 42.5 Å². The summed E-state index contributed by atoms with van der Waals surface area (Å²) in [4.78, 5) is 31.7. The van der Waals surface area contributed by atoms with E-state index in [0.717, 1.165) is 28.9 Å². The van der Waals surface area contributed by atoms with Crippen LogP contribution in [0.4, 0.5) is 5.69 Å². The van der Waals surface area contributed by atoms with Crippen LogP contribution in [-0.2, 0) is 11.3 Å². The summed E-state index contributed by atoms with van der Waals surface area (Å²) in [6.45, 7) is 2.07. The highest BCUT2D eigenvalue weighted by molar-refractivity contribution is 5.95. The Labute approximate surface area is 157 Å². The topological polar surface area (TPSA) is 65.6 Å². The lowest BCUT2D eigenvalue weighted by Gasteiger charge is -2.34. The van der Waals surface area contributed by atoms with E-state index in [2.05, 4.69) is 4.98 Å². The predicted molar refractivity (Wildman–Crippen MR) is 105 cm³/mol. The van der Waals surface area contributed by atoms with Gasteiger partial charge in [0.15, 0.2) is 0 Å². The number of fused-ring (bicyclic) bond motifs is 1. The molecule has 1 fully saturated rings. The Balaban J connectivity index is 1.52. The number of nitrogens with zero attached hydrogens (tertiary/aromatic N) is 2. The number of hydrogen-bond acceptors (Lipinski definition) is 4. The fraction of sp³-hybridized carbons (Fsp3) is 0.238. The fourth-order valence-electron chi connectivity index (χ4n) is 3.45. The van der Waals surface area contributed by atoms with Crippen molar-refractivity contribution >= 4 is 22.5 Å². The number of aromatic nitrogens is 1. The van der Waals surface area contributed by atoms with Crippen molar-refractivity contribution in [2.45, 2.75) is 6.54 Å². The minimum Gasteiger partial charge on any atom is -0.497 e. The third-order valence-electron chi connectivity index (χ3n) is 4.89. The first-order valence-electron chi connectivity index (χ1n) is 8.92. The van der Waals surface area contributed by atoms with Crippen molar-refractivity contribution in [3.63, 3.8) is 0 Å². The molecular formula is C21H21N3O3. The number of hydrogen-bond donors (Lipinski definition) is 1. The zero-order chi connectivity index (χ0) is 18.8. The number of nitrogens with one attached hydrogen (secondary N) is 1. The normalized spacial score (nSPS) is 15.3. The molecule has 1 saturated heterocycles. The summed E-state index contributed by atoms with van der Waals surface area (Å²) in [5.41, 5.74) is 2.22. The molecule has 0 saturated carbocycles. The smallest absolute Gasteiger partial charge is 0.252 e. The lowest BCUT2D eigenvalue weighted by Crippen LogP contribution is -2.50. The fourth-order valence-corrected chi connectivity index (χ4v) is 3.45. The van der Waals surface area contributed by atoms with E-state index in [4.69, 9.17) is 4.74 Å². The summed E-state index contributed by atoms with van der Waals surface area (Å²) >= 11 is 0. The van der Waals surface area contributed by atoms with Crippen LogP contribution < -0.4 is 15.2 Å². The molecule has 0 unspecified atom stereocenters. The predicted octanol–water partition coefficient (Wildman–Crippen LogP) is 2.39. The summed E-state index contributed by atoms with van der Waals surface area (Å²) in [6, 6.07) is 17.1. The Kier molecular flexibility index (Phi) is 4.64. The zero-order valence-corrected chi connectivity index (χ0v) is 15.1. The van der Waals surface area contributed by atoms with Crippen molar-refractivity contribution in [3.8, 4) is 5.75 Å². The van der Waals surface area contributed by atoms with Crippen molar-refractivity contribution in [2.24, 2.45) is 0 Å². The van der Waals surface area contributed by atoms with Crippen molar-refractivity contribution < 1.29 is 9.53 Å². The number of anilines is 1. The summed E-state index contributed by atoms with van der Waals surface area (Å²) in [5, 5.41) is 0.915. The van der Waals surface area contributed by atoms with Crippen LogP contribution in [0.3, 0.4) is 0 Å². The summed E-state index contributed by atoms with van der Waals surface area (Å²) in [6.07, 6.45) is 0. The lowest BCUT2D eigenvalue weighted by molar-refractivity contribution is -0.121. The molecule has 1 aliphatic rings. The standard InChI is InChI=1S/C21H21N3O3/c1-27-18-7-8-19-15(12-18)11-16(21(26)22-19)13-23-9-10-24(20(25)14-23)17-5-3-2-4-6-17/h2-8,11-12H,9-10,13-14H2,1H3,(H,22,26). The molecule has 1 aliphatic heterocycles. The first kappa shape index (κ1) is 17.3. The quantitative estimate of drug-likeness (QED) is 0.773. The number of aromatic amines is 1. The molecule has 3 aromatic rings. The molecule has 1 N–H and O–H groups in total. The van der Waals surface area contributed by atoms with Crippen LogP contribution in [0, 0.1) is 0 Å². The van der Waals surface area contributed by atoms with Crippen LogP contribution in [0.5, 0.6) is 5.75 Å². The number of para-hydroxylation sites is 1. The largest absolute Gasteiger partial charge is 0.497 e. The molecule has 0 atom stereocenters. The van der Waals surface area contributed by atoms with E-state index in [0.29, 0.717) is 25.2 Å². The van der Waals surface area contributed by atoms with Crippen LogP contribution >= 0.6 is 0 Å². The number of piperazine rings is 1. The Hall–Kier alpha value is -3.12. The Morgan fingerprint density at radius 3 is 2.59 bits per heavy atom. The molecule has 2 heterocycles.